The van der Waals surface area contributed by atoms with Gasteiger partial charge in [0.1, 0.15) is 17.5 Å². The van der Waals surface area contributed by atoms with Crippen molar-refractivity contribution < 1.29 is 18.7 Å². The van der Waals surface area contributed by atoms with Crippen LogP contribution in [0.15, 0.2) is 36.5 Å². The molecule has 2 heterocycles. The lowest BCUT2D eigenvalue weighted by atomic mass is 9.61. The SMILES string of the molecule is O=C(O)[C@H]1C2CCC(CC2)[C@@H]1Nc1nc(-c2c[nH]c3c(F)cc(F)cc23)nc2cc(Cl)ccc12. The largest absolute Gasteiger partial charge is 0.481 e. The maximum absolute atomic E-state index is 14.3. The van der Waals surface area contributed by atoms with E-state index in [1.54, 1.807) is 24.4 Å². The van der Waals surface area contributed by atoms with Gasteiger partial charge < -0.3 is 15.4 Å². The number of carboxylic acids is 1. The number of aromatic amines is 1. The van der Waals surface area contributed by atoms with Crippen LogP contribution in [0.25, 0.3) is 33.2 Å². The molecule has 3 fully saturated rings. The number of fused-ring (bicyclic) bond motifs is 5. The average Bonchev–Trinajstić information content (AvgIpc) is 3.23. The fraction of sp³-hybridized carbons (Fsp3) is 0.320. The van der Waals surface area contributed by atoms with E-state index in [1.807, 2.05) is 0 Å². The number of anilines is 1. The minimum atomic E-state index is -0.795. The highest BCUT2D eigenvalue weighted by Crippen LogP contribution is 2.47. The van der Waals surface area contributed by atoms with E-state index in [9.17, 15) is 18.7 Å². The Kier molecular flexibility index (Phi) is 4.95. The van der Waals surface area contributed by atoms with Crippen molar-refractivity contribution in [3.8, 4) is 11.4 Å². The number of aromatic nitrogens is 3. The van der Waals surface area contributed by atoms with Crippen LogP contribution >= 0.6 is 11.6 Å². The molecule has 0 spiro atoms. The number of H-pyrrole nitrogens is 1. The molecule has 2 aromatic carbocycles. The number of hydrogen-bond acceptors (Lipinski definition) is 4. The summed E-state index contributed by atoms with van der Waals surface area (Å²) in [7, 11) is 0. The number of aliphatic carboxylic acids is 1. The normalized spacial score (nSPS) is 24.1. The summed E-state index contributed by atoms with van der Waals surface area (Å²) in [6.07, 6.45) is 5.37. The predicted molar refractivity (Wildman–Crippen MR) is 126 cm³/mol. The van der Waals surface area contributed by atoms with Gasteiger partial charge >= 0.3 is 5.97 Å². The van der Waals surface area contributed by atoms with Crippen LogP contribution in [0.4, 0.5) is 14.6 Å². The van der Waals surface area contributed by atoms with E-state index in [0.717, 1.165) is 31.7 Å². The van der Waals surface area contributed by atoms with Gasteiger partial charge in [-0.3, -0.25) is 4.79 Å². The van der Waals surface area contributed by atoms with Crippen molar-refractivity contribution in [3.05, 3.63) is 53.2 Å². The molecule has 7 rings (SSSR count). The van der Waals surface area contributed by atoms with Gasteiger partial charge in [0.15, 0.2) is 5.82 Å². The summed E-state index contributed by atoms with van der Waals surface area (Å²) in [5.41, 5.74) is 1.16. The van der Waals surface area contributed by atoms with E-state index >= 15 is 0 Å². The molecule has 2 atom stereocenters. The number of hydrogen-bond donors (Lipinski definition) is 3. The molecule has 4 aromatic rings. The van der Waals surface area contributed by atoms with Gasteiger partial charge in [0.05, 0.1) is 17.0 Å². The lowest BCUT2D eigenvalue weighted by Crippen LogP contribution is -2.51. The summed E-state index contributed by atoms with van der Waals surface area (Å²) in [5.74, 6) is -1.56. The molecule has 34 heavy (non-hydrogen) atoms. The molecule has 0 amide bonds. The first-order chi connectivity index (χ1) is 16.4. The molecular weight excluding hydrogens is 462 g/mol. The zero-order chi connectivity index (χ0) is 23.6. The Bertz CT molecular complexity index is 1450. The maximum Gasteiger partial charge on any atom is 0.308 e. The second kappa shape index (κ2) is 7.91. The summed E-state index contributed by atoms with van der Waals surface area (Å²) < 4.78 is 28.3. The van der Waals surface area contributed by atoms with Crippen LogP contribution in [0.3, 0.4) is 0 Å². The fourth-order valence-corrected chi connectivity index (χ4v) is 6.01. The maximum atomic E-state index is 14.3. The molecule has 3 aliphatic carbocycles. The first-order valence-electron chi connectivity index (χ1n) is 11.3. The van der Waals surface area contributed by atoms with Crippen molar-refractivity contribution in [2.75, 3.05) is 5.32 Å². The van der Waals surface area contributed by atoms with E-state index < -0.39 is 23.5 Å². The van der Waals surface area contributed by atoms with Crippen LogP contribution in [0.5, 0.6) is 0 Å². The molecule has 3 aliphatic rings. The third kappa shape index (κ3) is 3.39. The van der Waals surface area contributed by atoms with Crippen molar-refractivity contribution in [3.63, 3.8) is 0 Å². The number of carbonyl (C=O) groups is 1. The second-order valence-corrected chi connectivity index (χ2v) is 9.72. The van der Waals surface area contributed by atoms with Gasteiger partial charge in [0.2, 0.25) is 0 Å². The van der Waals surface area contributed by atoms with Gasteiger partial charge in [-0.1, -0.05) is 11.6 Å². The molecule has 0 unspecified atom stereocenters. The topological polar surface area (TPSA) is 90.9 Å². The summed E-state index contributed by atoms with van der Waals surface area (Å²) >= 11 is 6.23. The molecule has 2 bridgehead atoms. The summed E-state index contributed by atoms with van der Waals surface area (Å²) in [5, 5.41) is 14.9. The average molecular weight is 483 g/mol. The Morgan fingerprint density at radius 3 is 2.59 bits per heavy atom. The minimum Gasteiger partial charge on any atom is -0.481 e. The van der Waals surface area contributed by atoms with Crippen LogP contribution < -0.4 is 5.32 Å². The van der Waals surface area contributed by atoms with E-state index in [0.29, 0.717) is 32.7 Å². The number of nitrogens with zero attached hydrogens (tertiary/aromatic N) is 2. The summed E-state index contributed by atoms with van der Waals surface area (Å²) in [6, 6.07) is 7.03. The number of nitrogens with one attached hydrogen (secondary N) is 2. The van der Waals surface area contributed by atoms with Gasteiger partial charge in [-0.05, 0) is 61.8 Å². The van der Waals surface area contributed by atoms with E-state index in [4.69, 9.17) is 16.6 Å². The highest BCUT2D eigenvalue weighted by Gasteiger charge is 2.47. The Morgan fingerprint density at radius 2 is 1.82 bits per heavy atom. The van der Waals surface area contributed by atoms with Crippen molar-refractivity contribution in [2.24, 2.45) is 17.8 Å². The lowest BCUT2D eigenvalue weighted by Gasteiger charge is -2.47. The zero-order valence-corrected chi connectivity index (χ0v) is 18.7. The number of halogens is 3. The monoisotopic (exact) mass is 482 g/mol. The minimum absolute atomic E-state index is 0.140. The molecule has 3 saturated carbocycles. The molecule has 0 aliphatic heterocycles. The Balaban J connectivity index is 1.51. The van der Waals surface area contributed by atoms with Crippen molar-refractivity contribution in [1.29, 1.82) is 0 Å². The molecule has 9 heteroatoms. The third-order valence-corrected chi connectivity index (χ3v) is 7.65. The van der Waals surface area contributed by atoms with E-state index in [2.05, 4.69) is 15.3 Å². The molecule has 3 N–H and O–H groups in total. The Hall–Kier alpha value is -3.26. The summed E-state index contributed by atoms with van der Waals surface area (Å²) in [6.45, 7) is 0. The van der Waals surface area contributed by atoms with Crippen LogP contribution in [0.2, 0.25) is 5.02 Å². The highest BCUT2D eigenvalue weighted by molar-refractivity contribution is 6.31. The quantitative estimate of drug-likeness (QED) is 0.331. The fourth-order valence-electron chi connectivity index (χ4n) is 5.84. The van der Waals surface area contributed by atoms with Gasteiger partial charge in [-0.15, -0.1) is 0 Å². The molecule has 6 nitrogen and oxygen atoms in total. The van der Waals surface area contributed by atoms with Gasteiger partial charge in [0.25, 0.3) is 0 Å². The van der Waals surface area contributed by atoms with Crippen LogP contribution in [0, 0.1) is 29.4 Å². The van der Waals surface area contributed by atoms with E-state index in [1.165, 1.54) is 6.07 Å². The molecule has 2 aromatic heterocycles. The third-order valence-electron chi connectivity index (χ3n) is 7.41. The molecule has 174 valence electrons. The van der Waals surface area contributed by atoms with Gasteiger partial charge in [-0.25, -0.2) is 18.7 Å². The van der Waals surface area contributed by atoms with Gasteiger partial charge in [0, 0.05) is 39.7 Å². The molecular formula is C25H21ClF2N4O2. The Morgan fingerprint density at radius 1 is 1.06 bits per heavy atom. The second-order valence-electron chi connectivity index (χ2n) is 9.28. The van der Waals surface area contributed by atoms with E-state index in [-0.39, 0.29) is 29.2 Å². The number of carboxylic acid groups (broad SMARTS) is 1. The molecule has 0 radical (unpaired) electrons. The number of benzene rings is 2. The van der Waals surface area contributed by atoms with Crippen LogP contribution in [-0.4, -0.2) is 32.1 Å². The molecule has 0 saturated heterocycles. The Labute approximate surface area is 198 Å². The van der Waals surface area contributed by atoms with Crippen molar-refractivity contribution >= 4 is 45.2 Å². The first kappa shape index (κ1) is 21.3. The smallest absolute Gasteiger partial charge is 0.308 e. The van der Waals surface area contributed by atoms with Crippen molar-refractivity contribution in [1.82, 2.24) is 15.0 Å². The van der Waals surface area contributed by atoms with Crippen molar-refractivity contribution in [2.45, 2.75) is 31.7 Å². The number of rotatable bonds is 4. The van der Waals surface area contributed by atoms with Crippen LogP contribution in [0.1, 0.15) is 25.7 Å². The highest BCUT2D eigenvalue weighted by atomic mass is 35.5. The zero-order valence-electron chi connectivity index (χ0n) is 18.0. The standard InChI is InChI=1S/C25H21ClF2N4O2/c26-13-5-6-15-19(7-13)30-24(17-10-29-22-16(17)8-14(27)9-18(22)28)32-23(15)31-21-12-3-1-11(2-4-12)20(21)25(33)34/h5-12,20-21,29H,1-4H2,(H,33,34)(H,30,31,32)/t11?,12?,20-,21-/m0/s1. The summed E-state index contributed by atoms with van der Waals surface area (Å²) in [4.78, 5) is 24.4. The first-order valence-corrected chi connectivity index (χ1v) is 11.7. The van der Waals surface area contributed by atoms with Gasteiger partial charge in [-0.2, -0.15) is 0 Å². The lowest BCUT2D eigenvalue weighted by molar-refractivity contribution is -0.148. The predicted octanol–water partition coefficient (Wildman–Crippen LogP) is 6.01. The van der Waals surface area contributed by atoms with Crippen LogP contribution in [-0.2, 0) is 4.79 Å².